The minimum atomic E-state index is -2.35. The first-order valence-corrected chi connectivity index (χ1v) is 13.2. The minimum absolute atomic E-state index is 0.801. The Balaban J connectivity index is 3.40. The van der Waals surface area contributed by atoms with E-state index >= 15 is 0 Å². The third-order valence-electron chi connectivity index (χ3n) is 5.66. The Morgan fingerprint density at radius 1 is 0.577 bits per heavy atom. The fourth-order valence-corrected chi connectivity index (χ4v) is 5.45. The largest absolute Gasteiger partial charge is 0.500 e. The van der Waals surface area contributed by atoms with Gasteiger partial charge in [-0.2, -0.15) is 0 Å². The van der Waals surface area contributed by atoms with E-state index in [0.717, 1.165) is 18.4 Å². The Bertz CT molecular complexity index is 274. The predicted octanol–water partition coefficient (Wildman–Crippen LogP) is 7.37. The van der Waals surface area contributed by atoms with Crippen LogP contribution in [-0.4, -0.2) is 30.1 Å². The predicted molar refractivity (Wildman–Crippen MR) is 116 cm³/mol. The summed E-state index contributed by atoms with van der Waals surface area (Å²) in [6.07, 6.45) is 20.9. The second-order valence-corrected chi connectivity index (χ2v) is 11.1. The van der Waals surface area contributed by atoms with Crippen molar-refractivity contribution in [2.75, 3.05) is 21.3 Å². The summed E-state index contributed by atoms with van der Waals surface area (Å²) in [5, 5.41) is 0. The van der Waals surface area contributed by atoms with E-state index < -0.39 is 8.80 Å². The number of rotatable bonds is 20. The van der Waals surface area contributed by atoms with E-state index in [9.17, 15) is 0 Å². The molecule has 0 aliphatic carbocycles. The van der Waals surface area contributed by atoms with Gasteiger partial charge >= 0.3 is 8.80 Å². The van der Waals surface area contributed by atoms with Crippen LogP contribution in [0.15, 0.2) is 0 Å². The first-order chi connectivity index (χ1) is 12.6. The van der Waals surface area contributed by atoms with Crippen LogP contribution in [0.25, 0.3) is 0 Å². The van der Waals surface area contributed by atoms with Gasteiger partial charge in [-0.15, -0.1) is 0 Å². The summed E-state index contributed by atoms with van der Waals surface area (Å²) in [7, 11) is 2.76. The van der Waals surface area contributed by atoms with E-state index in [-0.39, 0.29) is 0 Å². The number of hydrogen-bond donors (Lipinski definition) is 0. The first kappa shape index (κ1) is 26.1. The molecule has 0 fully saturated rings. The molecule has 0 rings (SSSR count). The molecule has 0 amide bonds. The first-order valence-electron chi connectivity index (χ1n) is 11.3. The summed E-state index contributed by atoms with van der Waals surface area (Å²) in [5.74, 6) is 0.801. The van der Waals surface area contributed by atoms with Crippen LogP contribution in [0, 0.1) is 5.92 Å². The second kappa shape index (κ2) is 18.5. The minimum Gasteiger partial charge on any atom is -0.377 e. The topological polar surface area (TPSA) is 27.7 Å². The van der Waals surface area contributed by atoms with Gasteiger partial charge in [0.1, 0.15) is 0 Å². The van der Waals surface area contributed by atoms with Gasteiger partial charge in [0.15, 0.2) is 0 Å². The molecule has 158 valence electrons. The van der Waals surface area contributed by atoms with Crippen LogP contribution in [0.2, 0.25) is 6.04 Å². The van der Waals surface area contributed by atoms with E-state index in [0.29, 0.717) is 0 Å². The highest BCUT2D eigenvalue weighted by atomic mass is 28.4. The van der Waals surface area contributed by atoms with Gasteiger partial charge in [-0.1, -0.05) is 104 Å². The van der Waals surface area contributed by atoms with E-state index in [1.165, 1.54) is 89.9 Å². The summed E-state index contributed by atoms with van der Waals surface area (Å²) in [6, 6.07) is 0.930. The molecule has 0 radical (unpaired) electrons. The van der Waals surface area contributed by atoms with Gasteiger partial charge in [-0.3, -0.25) is 0 Å². The van der Waals surface area contributed by atoms with Crippen LogP contribution in [0.3, 0.4) is 0 Å². The molecule has 1 unspecified atom stereocenters. The van der Waals surface area contributed by atoms with Crippen molar-refractivity contribution in [2.45, 2.75) is 116 Å². The van der Waals surface area contributed by atoms with E-state index in [1.807, 2.05) is 0 Å². The maximum absolute atomic E-state index is 5.49. The van der Waals surface area contributed by atoms with Crippen molar-refractivity contribution in [3.63, 3.8) is 0 Å². The van der Waals surface area contributed by atoms with Crippen molar-refractivity contribution in [3.8, 4) is 0 Å². The lowest BCUT2D eigenvalue weighted by Crippen LogP contribution is -2.42. The average Bonchev–Trinajstić information content (AvgIpc) is 2.66. The fraction of sp³-hybridized carbons (Fsp3) is 1.00. The molecule has 0 aromatic heterocycles. The fourth-order valence-electron chi connectivity index (χ4n) is 3.70. The molecule has 0 bridgehead atoms. The van der Waals surface area contributed by atoms with Gasteiger partial charge in [-0.05, 0) is 12.3 Å². The van der Waals surface area contributed by atoms with Gasteiger partial charge in [0.05, 0.1) is 0 Å². The number of hydrogen-bond acceptors (Lipinski definition) is 3. The van der Waals surface area contributed by atoms with Crippen LogP contribution < -0.4 is 0 Å². The zero-order valence-corrected chi connectivity index (χ0v) is 19.6. The Morgan fingerprint density at radius 3 is 1.38 bits per heavy atom. The van der Waals surface area contributed by atoms with Crippen molar-refractivity contribution in [1.29, 1.82) is 0 Å². The standard InChI is InChI=1S/C22H48O3Si/c1-6-7-8-9-10-11-12-13-14-15-16-17-19-22(2)20-18-21-26(23-3,24-4)25-5/h22H,6-21H2,1-5H3. The molecule has 1 atom stereocenters. The highest BCUT2D eigenvalue weighted by Gasteiger charge is 2.36. The lowest BCUT2D eigenvalue weighted by atomic mass is 9.97. The van der Waals surface area contributed by atoms with Crippen molar-refractivity contribution < 1.29 is 13.3 Å². The van der Waals surface area contributed by atoms with E-state index in [2.05, 4.69) is 13.8 Å². The molecule has 0 aromatic rings. The zero-order chi connectivity index (χ0) is 19.5. The third-order valence-corrected chi connectivity index (χ3v) is 8.50. The highest BCUT2D eigenvalue weighted by Crippen LogP contribution is 2.22. The Morgan fingerprint density at radius 2 is 0.962 bits per heavy atom. The molecule has 0 saturated heterocycles. The molecular formula is C22H48O3Si. The lowest BCUT2D eigenvalue weighted by Gasteiger charge is -2.24. The lowest BCUT2D eigenvalue weighted by molar-refractivity contribution is 0.122. The van der Waals surface area contributed by atoms with Gasteiger partial charge in [-0.25, -0.2) is 0 Å². The molecule has 26 heavy (non-hydrogen) atoms. The molecule has 3 nitrogen and oxygen atoms in total. The van der Waals surface area contributed by atoms with E-state index in [4.69, 9.17) is 13.3 Å². The zero-order valence-electron chi connectivity index (χ0n) is 18.6. The summed E-state index contributed by atoms with van der Waals surface area (Å²) < 4.78 is 16.5. The summed E-state index contributed by atoms with van der Waals surface area (Å²) in [4.78, 5) is 0. The molecule has 0 N–H and O–H groups in total. The second-order valence-electron chi connectivity index (χ2n) is 7.97. The van der Waals surface area contributed by atoms with Crippen LogP contribution >= 0.6 is 0 Å². The van der Waals surface area contributed by atoms with Crippen molar-refractivity contribution in [3.05, 3.63) is 0 Å². The summed E-state index contributed by atoms with van der Waals surface area (Å²) >= 11 is 0. The average molecular weight is 389 g/mol. The van der Waals surface area contributed by atoms with Crippen LogP contribution in [0.1, 0.15) is 110 Å². The molecule has 0 aromatic carbocycles. The van der Waals surface area contributed by atoms with Gasteiger partial charge in [0.2, 0.25) is 0 Å². The maximum Gasteiger partial charge on any atom is 0.500 e. The van der Waals surface area contributed by atoms with Crippen LogP contribution in [0.4, 0.5) is 0 Å². The molecular weight excluding hydrogens is 340 g/mol. The SMILES string of the molecule is CCCCCCCCCCCCCCC(C)CCC[Si](OC)(OC)OC. The molecule has 0 aliphatic rings. The quantitative estimate of drug-likeness (QED) is 0.161. The molecule has 4 heteroatoms. The van der Waals surface area contributed by atoms with Crippen molar-refractivity contribution in [2.24, 2.45) is 5.92 Å². The van der Waals surface area contributed by atoms with Gasteiger partial charge in [0, 0.05) is 27.4 Å². The summed E-state index contributed by atoms with van der Waals surface area (Å²) in [6.45, 7) is 4.67. The van der Waals surface area contributed by atoms with Crippen LogP contribution in [-0.2, 0) is 13.3 Å². The Labute approximate surface area is 165 Å². The molecule has 0 saturated carbocycles. The third kappa shape index (κ3) is 14.2. The molecule has 0 heterocycles. The van der Waals surface area contributed by atoms with Crippen molar-refractivity contribution >= 4 is 8.80 Å². The Hall–Kier alpha value is 0.0969. The number of unbranched alkanes of at least 4 members (excludes halogenated alkanes) is 11. The summed E-state index contributed by atoms with van der Waals surface area (Å²) in [5.41, 5.74) is 0. The van der Waals surface area contributed by atoms with Crippen LogP contribution in [0.5, 0.6) is 0 Å². The smallest absolute Gasteiger partial charge is 0.377 e. The van der Waals surface area contributed by atoms with E-state index in [1.54, 1.807) is 21.3 Å². The molecule has 0 spiro atoms. The monoisotopic (exact) mass is 388 g/mol. The van der Waals surface area contributed by atoms with Crippen molar-refractivity contribution in [1.82, 2.24) is 0 Å². The Kier molecular flexibility index (Phi) is 18.5. The maximum atomic E-state index is 5.49. The highest BCUT2D eigenvalue weighted by molar-refractivity contribution is 6.60. The van der Waals surface area contributed by atoms with Gasteiger partial charge < -0.3 is 13.3 Å². The normalized spacial score (nSPS) is 13.3. The molecule has 0 aliphatic heterocycles. The van der Waals surface area contributed by atoms with Gasteiger partial charge in [0.25, 0.3) is 0 Å².